The summed E-state index contributed by atoms with van der Waals surface area (Å²) in [5.41, 5.74) is 0.940. The molecular weight excluding hydrogens is 510 g/mol. The molecule has 6 nitrogen and oxygen atoms in total. The maximum absolute atomic E-state index is 13.0. The summed E-state index contributed by atoms with van der Waals surface area (Å²) in [6, 6.07) is 9.85. The lowest BCUT2D eigenvalue weighted by Gasteiger charge is -2.20. The Labute approximate surface area is 193 Å². The Morgan fingerprint density at radius 1 is 1.17 bits per heavy atom. The SMILES string of the molecule is CCCN(CCC)S(=O)(=O)c1ccc2nc(NC(=O)c3cc(Br)ccc3Cl)sc2c1. The second-order valence-corrected chi connectivity index (χ2v) is 10.9. The first-order valence-corrected chi connectivity index (χ1v) is 12.9. The van der Waals surface area contributed by atoms with E-state index < -0.39 is 10.0 Å². The highest BCUT2D eigenvalue weighted by Gasteiger charge is 2.24. The molecule has 1 N–H and O–H groups in total. The Morgan fingerprint density at radius 3 is 2.53 bits per heavy atom. The maximum Gasteiger partial charge on any atom is 0.258 e. The standard InChI is InChI=1S/C20H21BrClN3O3S2/c1-3-9-25(10-4-2)30(27,28)14-6-8-17-18(12-14)29-20(23-17)24-19(26)15-11-13(21)5-7-16(15)22/h5-8,11-12H,3-4,9-10H2,1-2H3,(H,23,24,26). The Kier molecular flexibility index (Phi) is 7.52. The molecule has 30 heavy (non-hydrogen) atoms. The van der Waals surface area contributed by atoms with Gasteiger partial charge in [0.1, 0.15) is 0 Å². The van der Waals surface area contributed by atoms with Gasteiger partial charge in [-0.05, 0) is 49.2 Å². The van der Waals surface area contributed by atoms with Gasteiger partial charge in [0.25, 0.3) is 5.91 Å². The van der Waals surface area contributed by atoms with Crippen LogP contribution in [-0.4, -0.2) is 36.7 Å². The van der Waals surface area contributed by atoms with Crippen molar-refractivity contribution >= 4 is 70.1 Å². The quantitative estimate of drug-likeness (QED) is 0.401. The third-order valence-corrected chi connectivity index (χ3v) is 7.99. The van der Waals surface area contributed by atoms with Crippen LogP contribution >= 0.6 is 38.9 Å². The van der Waals surface area contributed by atoms with Gasteiger partial charge < -0.3 is 0 Å². The molecule has 0 bridgehead atoms. The minimum atomic E-state index is -3.58. The molecule has 1 aromatic heterocycles. The van der Waals surface area contributed by atoms with Crippen LogP contribution in [0.5, 0.6) is 0 Å². The van der Waals surface area contributed by atoms with Crippen molar-refractivity contribution in [2.24, 2.45) is 0 Å². The number of sulfonamides is 1. The van der Waals surface area contributed by atoms with Crippen LogP contribution in [0.1, 0.15) is 37.0 Å². The first kappa shape index (κ1) is 23.1. The highest BCUT2D eigenvalue weighted by atomic mass is 79.9. The number of carbonyl (C=O) groups excluding carboxylic acids is 1. The Balaban J connectivity index is 1.89. The van der Waals surface area contributed by atoms with Gasteiger partial charge in [0.2, 0.25) is 10.0 Å². The van der Waals surface area contributed by atoms with Gasteiger partial charge in [-0.25, -0.2) is 13.4 Å². The fourth-order valence-electron chi connectivity index (χ4n) is 2.95. The van der Waals surface area contributed by atoms with Crippen LogP contribution in [-0.2, 0) is 10.0 Å². The van der Waals surface area contributed by atoms with Crippen molar-refractivity contribution in [1.82, 2.24) is 9.29 Å². The number of fused-ring (bicyclic) bond motifs is 1. The van der Waals surface area contributed by atoms with Crippen LogP contribution in [0, 0.1) is 0 Å². The van der Waals surface area contributed by atoms with Gasteiger partial charge in [-0.2, -0.15) is 4.31 Å². The molecule has 2 aromatic carbocycles. The number of carbonyl (C=O) groups is 1. The van der Waals surface area contributed by atoms with E-state index in [4.69, 9.17) is 11.6 Å². The van der Waals surface area contributed by atoms with Crippen LogP contribution < -0.4 is 5.32 Å². The molecule has 1 heterocycles. The van der Waals surface area contributed by atoms with E-state index >= 15 is 0 Å². The smallest absolute Gasteiger partial charge is 0.258 e. The molecule has 0 spiro atoms. The van der Waals surface area contributed by atoms with Gasteiger partial charge >= 0.3 is 0 Å². The van der Waals surface area contributed by atoms with Crippen molar-refractivity contribution in [2.75, 3.05) is 18.4 Å². The van der Waals surface area contributed by atoms with Gasteiger partial charge in [0.05, 0.1) is 25.7 Å². The Hall–Kier alpha value is -1.52. The Bertz CT molecular complexity index is 1180. The highest BCUT2D eigenvalue weighted by Crippen LogP contribution is 2.30. The summed E-state index contributed by atoms with van der Waals surface area (Å²) in [4.78, 5) is 17.2. The largest absolute Gasteiger partial charge is 0.298 e. The number of anilines is 1. The summed E-state index contributed by atoms with van der Waals surface area (Å²) in [6.07, 6.45) is 1.49. The number of amides is 1. The van der Waals surface area contributed by atoms with Crippen molar-refractivity contribution in [1.29, 1.82) is 0 Å². The molecule has 3 rings (SSSR count). The third kappa shape index (κ3) is 5.03. The number of nitrogens with zero attached hydrogens (tertiary/aromatic N) is 2. The minimum absolute atomic E-state index is 0.230. The van der Waals surface area contributed by atoms with Crippen LogP contribution in [0.15, 0.2) is 45.8 Å². The van der Waals surface area contributed by atoms with Crippen LogP contribution in [0.4, 0.5) is 5.13 Å². The van der Waals surface area contributed by atoms with E-state index in [0.29, 0.717) is 39.0 Å². The topological polar surface area (TPSA) is 79.4 Å². The van der Waals surface area contributed by atoms with E-state index in [0.717, 1.165) is 17.3 Å². The molecule has 0 saturated heterocycles. The zero-order valence-corrected chi connectivity index (χ0v) is 20.5. The van der Waals surface area contributed by atoms with Crippen molar-refractivity contribution < 1.29 is 13.2 Å². The van der Waals surface area contributed by atoms with E-state index in [-0.39, 0.29) is 10.8 Å². The lowest BCUT2D eigenvalue weighted by Crippen LogP contribution is -2.32. The Morgan fingerprint density at radius 2 is 1.87 bits per heavy atom. The molecule has 3 aromatic rings. The van der Waals surface area contributed by atoms with Gasteiger partial charge in [0, 0.05) is 17.6 Å². The average Bonchev–Trinajstić information content (AvgIpc) is 3.10. The number of halogens is 2. The number of hydrogen-bond acceptors (Lipinski definition) is 5. The van der Waals surface area contributed by atoms with Crippen molar-refractivity contribution in [2.45, 2.75) is 31.6 Å². The number of benzene rings is 2. The van der Waals surface area contributed by atoms with E-state index in [1.807, 2.05) is 13.8 Å². The summed E-state index contributed by atoms with van der Waals surface area (Å²) in [6.45, 7) is 4.87. The fraction of sp³-hybridized carbons (Fsp3) is 0.300. The molecule has 0 fully saturated rings. The van der Waals surface area contributed by atoms with E-state index in [1.165, 1.54) is 15.6 Å². The predicted molar refractivity (Wildman–Crippen MR) is 126 cm³/mol. The normalized spacial score (nSPS) is 11.9. The highest BCUT2D eigenvalue weighted by molar-refractivity contribution is 9.10. The first-order chi connectivity index (χ1) is 14.3. The molecular formula is C20H21BrClN3O3S2. The number of hydrogen-bond donors (Lipinski definition) is 1. The number of thiazole rings is 1. The van der Waals surface area contributed by atoms with Gasteiger partial charge in [-0.15, -0.1) is 0 Å². The van der Waals surface area contributed by atoms with Gasteiger partial charge in [-0.3, -0.25) is 10.1 Å². The lowest BCUT2D eigenvalue weighted by atomic mass is 10.2. The molecule has 0 aliphatic rings. The second-order valence-electron chi connectivity index (χ2n) is 6.63. The van der Waals surface area contributed by atoms with Crippen molar-refractivity contribution in [3.63, 3.8) is 0 Å². The molecule has 1 amide bonds. The van der Waals surface area contributed by atoms with E-state index in [2.05, 4.69) is 26.2 Å². The average molecular weight is 531 g/mol. The minimum Gasteiger partial charge on any atom is -0.298 e. The molecule has 0 unspecified atom stereocenters. The zero-order valence-electron chi connectivity index (χ0n) is 16.5. The van der Waals surface area contributed by atoms with Gasteiger partial charge in [-0.1, -0.05) is 52.7 Å². The van der Waals surface area contributed by atoms with Crippen molar-refractivity contribution in [3.05, 3.63) is 51.5 Å². The van der Waals surface area contributed by atoms with Crippen LogP contribution in [0.25, 0.3) is 10.2 Å². The molecule has 10 heteroatoms. The summed E-state index contributed by atoms with van der Waals surface area (Å²) in [5, 5.41) is 3.45. The molecule has 0 aliphatic carbocycles. The molecule has 160 valence electrons. The third-order valence-electron chi connectivity index (χ3n) is 4.34. The number of nitrogens with one attached hydrogen (secondary N) is 1. The predicted octanol–water partition coefficient (Wildman–Crippen LogP) is 5.78. The molecule has 0 radical (unpaired) electrons. The molecule has 0 aliphatic heterocycles. The molecule has 0 atom stereocenters. The second kappa shape index (κ2) is 9.74. The monoisotopic (exact) mass is 529 g/mol. The van der Waals surface area contributed by atoms with Crippen LogP contribution in [0.3, 0.4) is 0 Å². The maximum atomic E-state index is 13.0. The fourth-order valence-corrected chi connectivity index (χ4v) is 6.14. The summed E-state index contributed by atoms with van der Waals surface area (Å²) >= 11 is 10.7. The number of rotatable bonds is 8. The summed E-state index contributed by atoms with van der Waals surface area (Å²) in [7, 11) is -3.58. The zero-order chi connectivity index (χ0) is 21.9. The van der Waals surface area contributed by atoms with Crippen molar-refractivity contribution in [3.8, 4) is 0 Å². The van der Waals surface area contributed by atoms with Crippen LogP contribution in [0.2, 0.25) is 5.02 Å². The lowest BCUT2D eigenvalue weighted by molar-refractivity contribution is 0.102. The van der Waals surface area contributed by atoms with E-state index in [9.17, 15) is 13.2 Å². The molecule has 0 saturated carbocycles. The van der Waals surface area contributed by atoms with Gasteiger partial charge in [0.15, 0.2) is 5.13 Å². The van der Waals surface area contributed by atoms with E-state index in [1.54, 1.807) is 36.4 Å². The summed E-state index contributed by atoms with van der Waals surface area (Å²) in [5.74, 6) is -0.384. The summed E-state index contributed by atoms with van der Waals surface area (Å²) < 4.78 is 29.0. The number of aromatic nitrogens is 1. The first-order valence-electron chi connectivity index (χ1n) is 9.43.